The van der Waals surface area contributed by atoms with E-state index in [1.54, 1.807) is 0 Å². The van der Waals surface area contributed by atoms with Crippen LogP contribution in [0.1, 0.15) is 52.4 Å². The number of nitrogens with one attached hydrogen (secondary N) is 3. The van der Waals surface area contributed by atoms with Gasteiger partial charge in [-0.15, -0.1) is 0 Å². The summed E-state index contributed by atoms with van der Waals surface area (Å²) in [7, 11) is 0. The Bertz CT molecular complexity index is 299. The molecule has 1 amide bonds. The van der Waals surface area contributed by atoms with Crippen LogP contribution in [0, 0.1) is 0 Å². The molecule has 1 fully saturated rings. The summed E-state index contributed by atoms with van der Waals surface area (Å²) >= 11 is 0. The zero-order valence-electron chi connectivity index (χ0n) is 12.0. The number of carbonyl (C=O) groups is 1. The molecular weight excluding hydrogens is 242 g/mol. The maximum Gasteiger partial charge on any atom is 0.222 e. The highest BCUT2D eigenvalue weighted by molar-refractivity contribution is 5.80. The van der Waals surface area contributed by atoms with E-state index in [4.69, 9.17) is 5.84 Å². The maximum atomic E-state index is 11.6. The van der Waals surface area contributed by atoms with Crippen molar-refractivity contribution in [3.8, 4) is 0 Å². The number of rotatable bonds is 6. The maximum absolute atomic E-state index is 11.6. The number of nitrogens with zero attached hydrogens (tertiary/aromatic N) is 1. The van der Waals surface area contributed by atoms with Crippen molar-refractivity contribution in [2.24, 2.45) is 10.8 Å². The molecule has 1 unspecified atom stereocenters. The van der Waals surface area contributed by atoms with Crippen LogP contribution in [0.4, 0.5) is 0 Å². The summed E-state index contributed by atoms with van der Waals surface area (Å²) in [5.41, 5.74) is 2.56. The van der Waals surface area contributed by atoms with E-state index in [0.717, 1.165) is 19.3 Å². The van der Waals surface area contributed by atoms with Gasteiger partial charge >= 0.3 is 0 Å². The summed E-state index contributed by atoms with van der Waals surface area (Å²) in [4.78, 5) is 15.9. The SMILES string of the molecule is CCC(C)NC(=O)CCN=C(NN)NC1CCCC1. The first-order valence-corrected chi connectivity index (χ1v) is 7.22. The van der Waals surface area contributed by atoms with Gasteiger partial charge in [0.2, 0.25) is 11.9 Å². The number of hydrogen-bond acceptors (Lipinski definition) is 3. The van der Waals surface area contributed by atoms with Crippen LogP contribution in [0.2, 0.25) is 0 Å². The second-order valence-electron chi connectivity index (χ2n) is 5.13. The van der Waals surface area contributed by atoms with Crippen LogP contribution in [-0.4, -0.2) is 30.5 Å². The molecule has 6 nitrogen and oxygen atoms in total. The minimum Gasteiger partial charge on any atom is -0.354 e. The lowest BCUT2D eigenvalue weighted by Crippen LogP contribution is -2.45. The van der Waals surface area contributed by atoms with Gasteiger partial charge in [0.25, 0.3) is 0 Å². The lowest BCUT2D eigenvalue weighted by molar-refractivity contribution is -0.121. The van der Waals surface area contributed by atoms with Gasteiger partial charge in [0.15, 0.2) is 0 Å². The lowest BCUT2D eigenvalue weighted by atomic mass is 10.2. The van der Waals surface area contributed by atoms with Gasteiger partial charge in [-0.1, -0.05) is 19.8 Å². The fourth-order valence-corrected chi connectivity index (χ4v) is 2.11. The zero-order chi connectivity index (χ0) is 14.1. The summed E-state index contributed by atoms with van der Waals surface area (Å²) < 4.78 is 0. The quantitative estimate of drug-likeness (QED) is 0.246. The van der Waals surface area contributed by atoms with Crippen LogP contribution in [-0.2, 0) is 4.79 Å². The molecule has 0 heterocycles. The second kappa shape index (κ2) is 8.74. The van der Waals surface area contributed by atoms with E-state index in [0.29, 0.717) is 25.0 Å². The van der Waals surface area contributed by atoms with Gasteiger partial charge in [-0.25, -0.2) is 5.84 Å². The third-order valence-corrected chi connectivity index (χ3v) is 3.46. The molecule has 19 heavy (non-hydrogen) atoms. The summed E-state index contributed by atoms with van der Waals surface area (Å²) in [6, 6.07) is 0.684. The van der Waals surface area contributed by atoms with Crippen LogP contribution in [0.25, 0.3) is 0 Å². The van der Waals surface area contributed by atoms with Gasteiger partial charge in [0.05, 0.1) is 6.54 Å². The van der Waals surface area contributed by atoms with E-state index in [1.165, 1.54) is 12.8 Å². The molecule has 1 aliphatic rings. The summed E-state index contributed by atoms with van der Waals surface area (Å²) in [5.74, 6) is 6.05. The Morgan fingerprint density at radius 3 is 2.68 bits per heavy atom. The highest BCUT2D eigenvalue weighted by Gasteiger charge is 2.15. The van der Waals surface area contributed by atoms with Crippen molar-refractivity contribution in [3.63, 3.8) is 0 Å². The van der Waals surface area contributed by atoms with Crippen LogP contribution in [0.15, 0.2) is 4.99 Å². The Hall–Kier alpha value is -1.30. The topological polar surface area (TPSA) is 91.5 Å². The normalized spacial score (nSPS) is 18.2. The fraction of sp³-hybridized carbons (Fsp3) is 0.846. The summed E-state index contributed by atoms with van der Waals surface area (Å²) in [6.07, 6.45) is 6.17. The molecule has 6 heteroatoms. The van der Waals surface area contributed by atoms with Crippen molar-refractivity contribution in [1.82, 2.24) is 16.1 Å². The minimum atomic E-state index is 0.0373. The van der Waals surface area contributed by atoms with Crippen molar-refractivity contribution in [3.05, 3.63) is 0 Å². The molecule has 110 valence electrons. The third kappa shape index (κ3) is 6.42. The van der Waals surface area contributed by atoms with Gasteiger partial charge in [0, 0.05) is 18.5 Å². The van der Waals surface area contributed by atoms with Gasteiger partial charge in [-0.05, 0) is 26.2 Å². The zero-order valence-corrected chi connectivity index (χ0v) is 12.0. The summed E-state index contributed by atoms with van der Waals surface area (Å²) in [6.45, 7) is 4.49. The predicted molar refractivity (Wildman–Crippen MR) is 77.5 cm³/mol. The predicted octanol–water partition coefficient (Wildman–Crippen LogP) is 0.643. The lowest BCUT2D eigenvalue weighted by Gasteiger charge is -2.15. The number of amides is 1. The first-order chi connectivity index (χ1) is 9.15. The number of nitrogens with two attached hydrogens (primary N) is 1. The molecule has 0 aromatic rings. The molecule has 0 bridgehead atoms. The van der Waals surface area contributed by atoms with Gasteiger partial charge in [-0.3, -0.25) is 15.2 Å². The first kappa shape index (κ1) is 15.8. The molecule has 0 aromatic heterocycles. The Balaban J connectivity index is 2.25. The smallest absolute Gasteiger partial charge is 0.222 e. The Morgan fingerprint density at radius 2 is 2.11 bits per heavy atom. The van der Waals surface area contributed by atoms with E-state index in [9.17, 15) is 4.79 Å². The number of carbonyl (C=O) groups excluding carboxylic acids is 1. The Labute approximate surface area is 115 Å². The molecule has 0 saturated heterocycles. The average molecular weight is 269 g/mol. The summed E-state index contributed by atoms with van der Waals surface area (Å²) in [5, 5.41) is 6.19. The molecule has 0 spiro atoms. The van der Waals surface area contributed by atoms with Crippen molar-refractivity contribution in [1.29, 1.82) is 0 Å². The van der Waals surface area contributed by atoms with Crippen molar-refractivity contribution in [2.45, 2.75) is 64.5 Å². The Morgan fingerprint density at radius 1 is 1.42 bits per heavy atom. The van der Waals surface area contributed by atoms with Crippen LogP contribution < -0.4 is 21.9 Å². The van der Waals surface area contributed by atoms with Gasteiger partial charge < -0.3 is 10.6 Å². The molecule has 5 N–H and O–H groups in total. The molecule has 1 rings (SSSR count). The van der Waals surface area contributed by atoms with Gasteiger partial charge in [0.1, 0.15) is 0 Å². The molecule has 0 aromatic carbocycles. The van der Waals surface area contributed by atoms with Crippen molar-refractivity contribution >= 4 is 11.9 Å². The van der Waals surface area contributed by atoms with E-state index in [1.807, 2.05) is 13.8 Å². The highest BCUT2D eigenvalue weighted by Crippen LogP contribution is 2.17. The number of guanidine groups is 1. The molecule has 1 aliphatic carbocycles. The van der Waals surface area contributed by atoms with Crippen LogP contribution in [0.5, 0.6) is 0 Å². The Kier molecular flexibility index (Phi) is 7.25. The number of hydrogen-bond donors (Lipinski definition) is 4. The standard InChI is InChI=1S/C13H27N5O/c1-3-10(2)16-12(19)8-9-15-13(18-14)17-11-6-4-5-7-11/h10-11H,3-9,14H2,1-2H3,(H,16,19)(H2,15,17,18). The average Bonchev–Trinajstić information content (AvgIpc) is 2.90. The van der Waals surface area contributed by atoms with Crippen molar-refractivity contribution in [2.75, 3.05) is 6.54 Å². The molecule has 0 aliphatic heterocycles. The van der Waals surface area contributed by atoms with Crippen molar-refractivity contribution < 1.29 is 4.79 Å². The molecule has 0 radical (unpaired) electrons. The second-order valence-corrected chi connectivity index (χ2v) is 5.13. The van der Waals surface area contributed by atoms with Crippen LogP contribution >= 0.6 is 0 Å². The number of aliphatic imine (C=N–C) groups is 1. The number of hydrazine groups is 1. The largest absolute Gasteiger partial charge is 0.354 e. The molecule has 1 atom stereocenters. The minimum absolute atomic E-state index is 0.0373. The fourth-order valence-electron chi connectivity index (χ4n) is 2.11. The third-order valence-electron chi connectivity index (χ3n) is 3.46. The van der Waals surface area contributed by atoms with E-state index in [-0.39, 0.29) is 11.9 Å². The van der Waals surface area contributed by atoms with Gasteiger partial charge in [-0.2, -0.15) is 0 Å². The first-order valence-electron chi connectivity index (χ1n) is 7.22. The molecular formula is C13H27N5O. The highest BCUT2D eigenvalue weighted by atomic mass is 16.1. The van der Waals surface area contributed by atoms with Crippen LogP contribution in [0.3, 0.4) is 0 Å². The van der Waals surface area contributed by atoms with E-state index < -0.39 is 0 Å². The molecule has 1 saturated carbocycles. The van der Waals surface area contributed by atoms with E-state index >= 15 is 0 Å². The van der Waals surface area contributed by atoms with E-state index in [2.05, 4.69) is 21.1 Å². The monoisotopic (exact) mass is 269 g/mol.